The summed E-state index contributed by atoms with van der Waals surface area (Å²) in [5.74, 6) is 0.584. The van der Waals surface area contributed by atoms with E-state index in [9.17, 15) is 5.11 Å². The maximum absolute atomic E-state index is 10.0. The summed E-state index contributed by atoms with van der Waals surface area (Å²) in [7, 11) is 0. The highest BCUT2D eigenvalue weighted by Crippen LogP contribution is 2.34. The number of likely N-dealkylation sites (tertiary alicyclic amines) is 1. The van der Waals surface area contributed by atoms with E-state index < -0.39 is 6.10 Å². The number of halogens is 1. The van der Waals surface area contributed by atoms with Crippen molar-refractivity contribution < 1.29 is 9.84 Å². The first-order valence-corrected chi connectivity index (χ1v) is 12.1. The summed E-state index contributed by atoms with van der Waals surface area (Å²) in [4.78, 5) is 6.12. The first kappa shape index (κ1) is 22.5. The van der Waals surface area contributed by atoms with E-state index in [1.54, 1.807) is 21.8 Å². The molecule has 0 amide bonds. The molecule has 11 heteroatoms. The third kappa shape index (κ3) is 4.19. The molecule has 5 heterocycles. The highest BCUT2D eigenvalue weighted by molar-refractivity contribution is 14.1. The number of nitrogens with zero attached hydrogens (tertiary/aromatic N) is 8. The molecule has 0 spiro atoms. The van der Waals surface area contributed by atoms with Crippen molar-refractivity contribution in [3.05, 3.63) is 57.8 Å². The highest BCUT2D eigenvalue weighted by atomic mass is 127. The van der Waals surface area contributed by atoms with Gasteiger partial charge in [-0.1, -0.05) is 11.3 Å². The van der Waals surface area contributed by atoms with Gasteiger partial charge in [-0.2, -0.15) is 10.4 Å². The Kier molecular flexibility index (Phi) is 6.34. The number of rotatable bonds is 6. The first-order valence-electron chi connectivity index (χ1n) is 11.0. The zero-order valence-corrected chi connectivity index (χ0v) is 20.7. The number of hydrogen-bond acceptors (Lipinski definition) is 8. The zero-order valence-electron chi connectivity index (χ0n) is 18.5. The van der Waals surface area contributed by atoms with Crippen molar-refractivity contribution >= 4 is 28.1 Å². The fourth-order valence-electron chi connectivity index (χ4n) is 4.34. The van der Waals surface area contributed by atoms with Crippen molar-refractivity contribution in [3.63, 3.8) is 0 Å². The van der Waals surface area contributed by atoms with Crippen LogP contribution in [0.1, 0.15) is 36.4 Å². The monoisotopic (exact) mass is 570 g/mol. The Morgan fingerprint density at radius 1 is 1.32 bits per heavy atom. The Labute approximate surface area is 209 Å². The van der Waals surface area contributed by atoms with E-state index in [1.807, 2.05) is 42.1 Å². The molecule has 34 heavy (non-hydrogen) atoms. The molecule has 0 bridgehead atoms. The number of pyridine rings is 2. The number of aliphatic hydroxyl groups excluding tert-OH is 1. The molecule has 1 N–H and O–H groups in total. The van der Waals surface area contributed by atoms with Gasteiger partial charge < -0.3 is 14.7 Å². The number of piperidine rings is 1. The topological polar surface area (TPSA) is 117 Å². The van der Waals surface area contributed by atoms with Gasteiger partial charge in [0.1, 0.15) is 17.0 Å². The molecular formula is C23H23IN8O2. The molecule has 174 valence electrons. The van der Waals surface area contributed by atoms with E-state index in [0.29, 0.717) is 11.4 Å². The number of aromatic nitrogens is 6. The Morgan fingerprint density at radius 3 is 2.85 bits per heavy atom. The minimum Gasteiger partial charge on any atom is -0.479 e. The molecule has 1 fully saturated rings. The van der Waals surface area contributed by atoms with E-state index in [-0.39, 0.29) is 12.6 Å². The van der Waals surface area contributed by atoms with Crippen LogP contribution in [0.15, 0.2) is 42.9 Å². The summed E-state index contributed by atoms with van der Waals surface area (Å²) in [5.41, 5.74) is 3.98. The summed E-state index contributed by atoms with van der Waals surface area (Å²) in [6, 6.07) is 7.65. The second-order valence-corrected chi connectivity index (χ2v) is 9.37. The molecule has 0 radical (unpaired) electrons. The SMILES string of the molecule is Cc1c(-c2cc(O[C@H](CO)c3ccccn3)c3c(I)cnn3c2)nnn1C1CCN(C#N)CC1. The summed E-state index contributed by atoms with van der Waals surface area (Å²) in [5, 5.41) is 32.5. The molecule has 10 nitrogen and oxygen atoms in total. The molecule has 1 aliphatic rings. The largest absolute Gasteiger partial charge is 0.479 e. The van der Waals surface area contributed by atoms with Crippen molar-refractivity contribution in [2.45, 2.75) is 31.9 Å². The van der Waals surface area contributed by atoms with Crippen LogP contribution in [0.5, 0.6) is 5.75 Å². The molecule has 1 atom stereocenters. The van der Waals surface area contributed by atoms with E-state index in [4.69, 9.17) is 10.00 Å². The van der Waals surface area contributed by atoms with Gasteiger partial charge in [-0.15, -0.1) is 5.10 Å². The molecule has 0 aliphatic carbocycles. The zero-order chi connectivity index (χ0) is 23.7. The van der Waals surface area contributed by atoms with Gasteiger partial charge in [-0.05, 0) is 60.6 Å². The lowest BCUT2D eigenvalue weighted by atomic mass is 10.0. The Balaban J connectivity index is 1.51. The summed E-state index contributed by atoms with van der Waals surface area (Å²) >= 11 is 2.22. The maximum Gasteiger partial charge on any atom is 0.179 e. The quantitative estimate of drug-likeness (QED) is 0.278. The second-order valence-electron chi connectivity index (χ2n) is 8.21. The highest BCUT2D eigenvalue weighted by Gasteiger charge is 2.25. The molecule has 4 aromatic rings. The third-order valence-electron chi connectivity index (χ3n) is 6.14. The Morgan fingerprint density at radius 2 is 2.15 bits per heavy atom. The lowest BCUT2D eigenvalue weighted by Crippen LogP contribution is -2.31. The number of nitriles is 1. The minimum atomic E-state index is -0.618. The van der Waals surface area contributed by atoms with Crippen molar-refractivity contribution in [2.24, 2.45) is 0 Å². The average molecular weight is 570 g/mol. The Hall–Kier alpha value is -3.24. The van der Waals surface area contributed by atoms with Gasteiger partial charge in [0.15, 0.2) is 12.3 Å². The first-order chi connectivity index (χ1) is 16.6. The lowest BCUT2D eigenvalue weighted by molar-refractivity contribution is 0.114. The van der Waals surface area contributed by atoms with Crippen LogP contribution in [0.2, 0.25) is 0 Å². The molecular weight excluding hydrogens is 547 g/mol. The van der Waals surface area contributed by atoms with Crippen LogP contribution in [0.4, 0.5) is 0 Å². The van der Waals surface area contributed by atoms with Gasteiger partial charge in [0.25, 0.3) is 0 Å². The number of aliphatic hydroxyl groups is 1. The smallest absolute Gasteiger partial charge is 0.179 e. The van der Waals surface area contributed by atoms with Crippen LogP contribution in [0, 0.1) is 21.9 Å². The van der Waals surface area contributed by atoms with E-state index >= 15 is 0 Å². The van der Waals surface area contributed by atoms with Crippen molar-refractivity contribution in [1.82, 2.24) is 34.5 Å². The molecule has 1 aliphatic heterocycles. The van der Waals surface area contributed by atoms with Crippen LogP contribution in [-0.4, -0.2) is 59.3 Å². The number of hydrogen-bond donors (Lipinski definition) is 1. The van der Waals surface area contributed by atoms with E-state index in [2.05, 4.69) is 49.2 Å². The summed E-state index contributed by atoms with van der Waals surface area (Å²) in [6.07, 6.45) is 8.67. The minimum absolute atomic E-state index is 0.207. The second kappa shape index (κ2) is 9.55. The Bertz CT molecular complexity index is 1340. The third-order valence-corrected chi connectivity index (χ3v) is 6.93. The number of fused-ring (bicyclic) bond motifs is 1. The van der Waals surface area contributed by atoms with E-state index in [0.717, 1.165) is 52.0 Å². The van der Waals surface area contributed by atoms with Crippen LogP contribution in [0.3, 0.4) is 0 Å². The molecule has 0 saturated carbocycles. The number of ether oxygens (including phenoxy) is 1. The van der Waals surface area contributed by atoms with Crippen molar-refractivity contribution in [3.8, 4) is 23.2 Å². The molecule has 5 rings (SSSR count). The lowest BCUT2D eigenvalue weighted by Gasteiger charge is -2.28. The van der Waals surface area contributed by atoms with Crippen molar-refractivity contribution in [2.75, 3.05) is 19.7 Å². The van der Waals surface area contributed by atoms with Gasteiger partial charge in [0.2, 0.25) is 0 Å². The molecule has 1 saturated heterocycles. The van der Waals surface area contributed by atoms with Gasteiger partial charge in [0, 0.05) is 31.0 Å². The normalized spacial score (nSPS) is 15.4. The van der Waals surface area contributed by atoms with Crippen LogP contribution >= 0.6 is 22.6 Å². The predicted octanol–water partition coefficient (Wildman–Crippen LogP) is 3.13. The molecule has 0 unspecified atom stereocenters. The average Bonchev–Trinajstić information content (AvgIpc) is 3.45. The van der Waals surface area contributed by atoms with Gasteiger partial charge in [0.05, 0.1) is 33.8 Å². The fraction of sp³-hybridized carbons (Fsp3) is 0.348. The van der Waals surface area contributed by atoms with Gasteiger partial charge >= 0.3 is 0 Å². The van der Waals surface area contributed by atoms with E-state index in [1.165, 1.54) is 0 Å². The maximum atomic E-state index is 10.0. The van der Waals surface area contributed by atoms with Crippen molar-refractivity contribution in [1.29, 1.82) is 5.26 Å². The molecule has 4 aromatic heterocycles. The molecule has 0 aromatic carbocycles. The summed E-state index contributed by atoms with van der Waals surface area (Å²) in [6.45, 7) is 3.24. The van der Waals surface area contributed by atoms with Crippen LogP contribution in [-0.2, 0) is 0 Å². The summed E-state index contributed by atoms with van der Waals surface area (Å²) < 4.78 is 10.9. The fourth-order valence-corrected chi connectivity index (χ4v) is 4.98. The van der Waals surface area contributed by atoms with Crippen LogP contribution < -0.4 is 4.74 Å². The van der Waals surface area contributed by atoms with Crippen LogP contribution in [0.25, 0.3) is 16.8 Å². The predicted molar refractivity (Wildman–Crippen MR) is 132 cm³/mol. The van der Waals surface area contributed by atoms with Gasteiger partial charge in [-0.25, -0.2) is 9.20 Å². The van der Waals surface area contributed by atoms with Gasteiger partial charge in [-0.3, -0.25) is 4.98 Å². The standard InChI is InChI=1S/C23H23IN8O2/c1-15-22(28-29-32(15)17-5-8-30(14-25)9-6-17)16-10-20(23-18(24)11-27-31(23)12-16)34-21(13-33)19-4-2-3-7-26-19/h2-4,7,10-12,17,21,33H,5-6,8-9,13H2,1H3/t21-/m1/s1.